The van der Waals surface area contributed by atoms with Crippen molar-refractivity contribution >= 4 is 33.2 Å². The van der Waals surface area contributed by atoms with Crippen LogP contribution in [0.5, 0.6) is 0 Å². The Morgan fingerprint density at radius 2 is 1.72 bits per heavy atom. The van der Waals surface area contributed by atoms with Crippen LogP contribution in [-0.2, 0) is 10.0 Å². The number of hydrogen-bond acceptors (Lipinski definition) is 3. The molecule has 7 heteroatoms. The molecule has 0 radical (unpaired) electrons. The van der Waals surface area contributed by atoms with Crippen LogP contribution < -0.4 is 9.62 Å². The van der Waals surface area contributed by atoms with Gasteiger partial charge in [0.15, 0.2) is 0 Å². The number of benzene rings is 2. The summed E-state index contributed by atoms with van der Waals surface area (Å²) in [5, 5.41) is 3.26. The van der Waals surface area contributed by atoms with E-state index in [1.165, 1.54) is 19.2 Å². The molecule has 2 aromatic carbocycles. The summed E-state index contributed by atoms with van der Waals surface area (Å²) in [6.45, 7) is 5.58. The highest BCUT2D eigenvalue weighted by Crippen LogP contribution is 2.25. The zero-order chi connectivity index (χ0) is 18.8. The zero-order valence-electron chi connectivity index (χ0n) is 14.6. The fourth-order valence-corrected chi connectivity index (χ4v) is 3.60. The van der Waals surface area contributed by atoms with Gasteiger partial charge in [-0.05, 0) is 57.2 Å². The Kier molecular flexibility index (Phi) is 5.44. The summed E-state index contributed by atoms with van der Waals surface area (Å²) in [5.41, 5.74) is 0.316. The Balaban J connectivity index is 2.37. The Morgan fingerprint density at radius 3 is 2.32 bits per heavy atom. The topological polar surface area (TPSA) is 66.5 Å². The molecule has 0 atom stereocenters. The molecule has 25 heavy (non-hydrogen) atoms. The van der Waals surface area contributed by atoms with E-state index >= 15 is 0 Å². The van der Waals surface area contributed by atoms with Gasteiger partial charge in [-0.25, -0.2) is 8.42 Å². The number of hydrogen-bond donors (Lipinski definition) is 1. The minimum Gasteiger partial charge on any atom is -0.347 e. The predicted octanol–water partition coefficient (Wildman–Crippen LogP) is 3.69. The minimum absolute atomic E-state index is 0.0385. The van der Waals surface area contributed by atoms with E-state index in [1.807, 2.05) is 20.8 Å². The van der Waals surface area contributed by atoms with Gasteiger partial charge in [0.2, 0.25) is 0 Å². The normalized spacial score (nSPS) is 11.9. The minimum atomic E-state index is -3.81. The van der Waals surface area contributed by atoms with Crippen LogP contribution in [0.25, 0.3) is 0 Å². The average molecular weight is 381 g/mol. The summed E-state index contributed by atoms with van der Waals surface area (Å²) in [6, 6.07) is 12.5. The lowest BCUT2D eigenvalue weighted by molar-refractivity contribution is 0.0919. The fourth-order valence-electron chi connectivity index (χ4n) is 2.18. The summed E-state index contributed by atoms with van der Waals surface area (Å²) in [4.78, 5) is 12.3. The van der Waals surface area contributed by atoms with E-state index in [9.17, 15) is 13.2 Å². The predicted molar refractivity (Wildman–Crippen MR) is 101 cm³/mol. The second kappa shape index (κ2) is 7.06. The molecule has 1 amide bonds. The molecule has 2 aromatic rings. The van der Waals surface area contributed by atoms with E-state index in [0.29, 0.717) is 10.7 Å². The number of carbonyl (C=O) groups is 1. The highest BCUT2D eigenvalue weighted by atomic mass is 35.5. The van der Waals surface area contributed by atoms with Crippen LogP contribution in [0.3, 0.4) is 0 Å². The molecular formula is C18H21ClN2O3S. The highest BCUT2D eigenvalue weighted by molar-refractivity contribution is 7.92. The number of carbonyl (C=O) groups excluding carboxylic acids is 1. The molecule has 0 aliphatic rings. The second-order valence-electron chi connectivity index (χ2n) is 6.68. The molecule has 134 valence electrons. The third kappa shape index (κ3) is 4.74. The van der Waals surface area contributed by atoms with E-state index in [4.69, 9.17) is 11.6 Å². The number of amides is 1. The first kappa shape index (κ1) is 19.3. The van der Waals surface area contributed by atoms with E-state index in [0.717, 1.165) is 4.31 Å². The summed E-state index contributed by atoms with van der Waals surface area (Å²) < 4.78 is 26.8. The van der Waals surface area contributed by atoms with Gasteiger partial charge in [-0.3, -0.25) is 9.10 Å². The van der Waals surface area contributed by atoms with E-state index in [1.54, 1.807) is 36.4 Å². The van der Waals surface area contributed by atoms with Crippen LogP contribution in [0, 0.1) is 0 Å². The summed E-state index contributed by atoms with van der Waals surface area (Å²) in [6.07, 6.45) is 0. The maximum absolute atomic E-state index is 12.9. The number of halogens is 1. The number of anilines is 1. The van der Waals surface area contributed by atoms with Gasteiger partial charge >= 0.3 is 0 Å². The van der Waals surface area contributed by atoms with Crippen molar-refractivity contribution in [3.8, 4) is 0 Å². The second-order valence-corrected chi connectivity index (χ2v) is 9.09. The molecule has 0 heterocycles. The third-order valence-electron chi connectivity index (χ3n) is 3.41. The molecule has 2 rings (SSSR count). The van der Waals surface area contributed by atoms with Crippen molar-refractivity contribution < 1.29 is 13.2 Å². The van der Waals surface area contributed by atoms with Gasteiger partial charge < -0.3 is 5.32 Å². The van der Waals surface area contributed by atoms with Crippen LogP contribution in [0.15, 0.2) is 53.4 Å². The van der Waals surface area contributed by atoms with Crippen LogP contribution in [0.1, 0.15) is 31.1 Å². The largest absolute Gasteiger partial charge is 0.347 e. The van der Waals surface area contributed by atoms with Gasteiger partial charge in [0, 0.05) is 23.2 Å². The van der Waals surface area contributed by atoms with Crippen molar-refractivity contribution in [2.45, 2.75) is 31.2 Å². The molecule has 0 aromatic heterocycles. The summed E-state index contributed by atoms with van der Waals surface area (Å²) in [5.74, 6) is -0.324. The highest BCUT2D eigenvalue weighted by Gasteiger charge is 2.23. The molecule has 0 saturated carbocycles. The Morgan fingerprint density at radius 1 is 1.08 bits per heavy atom. The van der Waals surface area contributed by atoms with E-state index in [2.05, 4.69) is 5.32 Å². The monoisotopic (exact) mass is 380 g/mol. The van der Waals surface area contributed by atoms with Crippen molar-refractivity contribution in [3.63, 3.8) is 0 Å². The van der Waals surface area contributed by atoms with Crippen LogP contribution >= 0.6 is 11.6 Å². The Labute approximate surface area is 153 Å². The van der Waals surface area contributed by atoms with Gasteiger partial charge in [0.05, 0.1) is 10.6 Å². The quantitative estimate of drug-likeness (QED) is 0.879. The molecule has 0 bridgehead atoms. The van der Waals surface area contributed by atoms with E-state index < -0.39 is 15.6 Å². The number of rotatable bonds is 4. The molecule has 0 aliphatic carbocycles. The lowest BCUT2D eigenvalue weighted by atomic mass is 10.1. The standard InChI is InChI=1S/C18H21ClN2O3S/c1-18(2,3)20-17(22)13-7-5-10-16(11-13)25(23,24)21(4)15-9-6-8-14(19)12-15/h5-12H,1-4H3,(H,20,22). The third-order valence-corrected chi connectivity index (χ3v) is 5.43. The number of nitrogens with one attached hydrogen (secondary N) is 1. The first-order valence-corrected chi connectivity index (χ1v) is 9.49. The lowest BCUT2D eigenvalue weighted by Crippen LogP contribution is -2.40. The molecule has 0 saturated heterocycles. The van der Waals surface area contributed by atoms with E-state index in [-0.39, 0.29) is 16.4 Å². The van der Waals surface area contributed by atoms with Crippen molar-refractivity contribution in [2.24, 2.45) is 0 Å². The van der Waals surface area contributed by atoms with Gasteiger partial charge in [-0.1, -0.05) is 23.7 Å². The Hall–Kier alpha value is -2.05. The number of nitrogens with zero attached hydrogens (tertiary/aromatic N) is 1. The summed E-state index contributed by atoms with van der Waals surface area (Å²) >= 11 is 5.94. The smallest absolute Gasteiger partial charge is 0.264 e. The van der Waals surface area contributed by atoms with Crippen molar-refractivity contribution in [1.29, 1.82) is 0 Å². The molecular weight excluding hydrogens is 360 g/mol. The van der Waals surface area contributed by atoms with Gasteiger partial charge in [-0.15, -0.1) is 0 Å². The maximum atomic E-state index is 12.9. The van der Waals surface area contributed by atoms with Crippen molar-refractivity contribution in [3.05, 3.63) is 59.1 Å². The van der Waals surface area contributed by atoms with Crippen LogP contribution in [0.2, 0.25) is 5.02 Å². The maximum Gasteiger partial charge on any atom is 0.264 e. The molecule has 1 N–H and O–H groups in total. The molecule has 5 nitrogen and oxygen atoms in total. The molecule has 0 unspecified atom stereocenters. The zero-order valence-corrected chi connectivity index (χ0v) is 16.1. The first-order chi connectivity index (χ1) is 11.5. The lowest BCUT2D eigenvalue weighted by Gasteiger charge is -2.22. The SMILES string of the molecule is CN(c1cccc(Cl)c1)S(=O)(=O)c1cccc(C(=O)NC(C)(C)C)c1. The molecule has 0 aliphatic heterocycles. The van der Waals surface area contributed by atoms with Gasteiger partial charge in [-0.2, -0.15) is 0 Å². The van der Waals surface area contributed by atoms with Crippen LogP contribution in [0.4, 0.5) is 5.69 Å². The number of sulfonamides is 1. The molecule has 0 fully saturated rings. The first-order valence-electron chi connectivity index (χ1n) is 7.68. The van der Waals surface area contributed by atoms with Crippen molar-refractivity contribution in [2.75, 3.05) is 11.4 Å². The average Bonchev–Trinajstić information content (AvgIpc) is 2.52. The Bertz CT molecular complexity index is 889. The van der Waals surface area contributed by atoms with Crippen molar-refractivity contribution in [1.82, 2.24) is 5.32 Å². The van der Waals surface area contributed by atoms with Crippen LogP contribution in [-0.4, -0.2) is 26.9 Å². The molecule has 0 spiro atoms. The van der Waals surface area contributed by atoms with Gasteiger partial charge in [0.25, 0.3) is 15.9 Å². The van der Waals surface area contributed by atoms with Gasteiger partial charge in [0.1, 0.15) is 0 Å². The fraction of sp³-hybridized carbons (Fsp3) is 0.278. The summed E-state index contributed by atoms with van der Waals surface area (Å²) in [7, 11) is -2.37.